The lowest BCUT2D eigenvalue weighted by atomic mass is 9.97. The number of anilines is 2. The van der Waals surface area contributed by atoms with Gasteiger partial charge in [0.1, 0.15) is 34.5 Å². The largest absolute Gasteiger partial charge is 0.472 e. The summed E-state index contributed by atoms with van der Waals surface area (Å²) in [5.41, 5.74) is 7.91. The van der Waals surface area contributed by atoms with Crippen LogP contribution in [0.15, 0.2) is 12.1 Å². The maximum atomic E-state index is 16.6. The van der Waals surface area contributed by atoms with Gasteiger partial charge in [-0.1, -0.05) is 0 Å². The van der Waals surface area contributed by atoms with Gasteiger partial charge in [0, 0.05) is 40.7 Å². The van der Waals surface area contributed by atoms with Crippen LogP contribution in [0.5, 0.6) is 5.88 Å². The van der Waals surface area contributed by atoms with Gasteiger partial charge in [0.25, 0.3) is 0 Å². The third-order valence-corrected chi connectivity index (χ3v) is 9.25. The molecule has 37 heavy (non-hydrogen) atoms. The Bertz CT molecular complexity index is 1700. The molecule has 2 saturated heterocycles. The molecule has 0 unspecified atom stereocenters. The fourth-order valence-electron chi connectivity index (χ4n) is 6.44. The second kappa shape index (κ2) is 7.73. The Balaban J connectivity index is 1.57. The number of rotatable bonds is 1. The van der Waals surface area contributed by atoms with Gasteiger partial charge in [-0.2, -0.15) is 5.26 Å². The number of ether oxygens (including phenoxy) is 1. The Hall–Kier alpha value is -3.55. The molecule has 3 aliphatic heterocycles. The number of nitrogens with one attached hydrogen (secondary N) is 1. The first kappa shape index (κ1) is 22.6. The maximum absolute atomic E-state index is 16.6. The number of piperazine rings is 1. The number of aryl methyl sites for hydroxylation is 2. The normalized spacial score (nSPS) is 24.2. The Morgan fingerprint density at radius 2 is 2.00 bits per heavy atom. The number of hydrogen-bond acceptors (Lipinski definition) is 8. The van der Waals surface area contributed by atoms with Gasteiger partial charge in [-0.25, -0.2) is 18.7 Å². The number of nitrogen functional groups attached to an aromatic ring is 1. The number of thiophene rings is 1. The van der Waals surface area contributed by atoms with E-state index in [0.29, 0.717) is 39.6 Å². The van der Waals surface area contributed by atoms with E-state index in [-0.39, 0.29) is 44.5 Å². The van der Waals surface area contributed by atoms with Crippen LogP contribution in [-0.2, 0) is 0 Å². The smallest absolute Gasteiger partial charge is 0.226 e. The quantitative estimate of drug-likeness (QED) is 0.368. The van der Waals surface area contributed by atoms with Crippen LogP contribution in [0.4, 0.5) is 19.6 Å². The highest BCUT2D eigenvalue weighted by molar-refractivity contribution is 7.23. The number of aromatic nitrogens is 2. The molecule has 188 valence electrons. The lowest BCUT2D eigenvalue weighted by molar-refractivity contribution is 0.155. The van der Waals surface area contributed by atoms with E-state index in [1.54, 1.807) is 0 Å². The Labute approximate surface area is 215 Å². The van der Waals surface area contributed by atoms with Gasteiger partial charge in [0.05, 0.1) is 21.7 Å². The predicted octanol–water partition coefficient (Wildman–Crippen LogP) is 4.95. The summed E-state index contributed by atoms with van der Waals surface area (Å²) in [4.78, 5) is 11.9. The third-order valence-electron chi connectivity index (χ3n) is 8.22. The number of fused-ring (bicyclic) bond motifs is 6. The number of nitriles is 1. The minimum absolute atomic E-state index is 0.00756. The highest BCUT2D eigenvalue weighted by Crippen LogP contribution is 2.47. The van der Waals surface area contributed by atoms with E-state index >= 15 is 4.39 Å². The van der Waals surface area contributed by atoms with Crippen molar-refractivity contribution < 1.29 is 13.5 Å². The highest BCUT2D eigenvalue weighted by atomic mass is 32.1. The average Bonchev–Trinajstić information content (AvgIpc) is 3.38. The fraction of sp³-hybridized carbons (Fsp3) is 0.370. The molecular weight excluding hydrogens is 494 g/mol. The van der Waals surface area contributed by atoms with Gasteiger partial charge < -0.3 is 20.7 Å². The Morgan fingerprint density at radius 1 is 1.19 bits per heavy atom. The van der Waals surface area contributed by atoms with E-state index in [4.69, 9.17) is 20.4 Å². The van der Waals surface area contributed by atoms with Crippen molar-refractivity contribution in [2.45, 2.75) is 57.8 Å². The lowest BCUT2D eigenvalue weighted by Crippen LogP contribution is -2.62. The van der Waals surface area contributed by atoms with E-state index in [2.05, 4.69) is 16.3 Å². The van der Waals surface area contributed by atoms with Crippen LogP contribution < -0.4 is 20.7 Å². The zero-order valence-electron chi connectivity index (χ0n) is 20.5. The monoisotopic (exact) mass is 518 g/mol. The van der Waals surface area contributed by atoms with Gasteiger partial charge >= 0.3 is 0 Å². The summed E-state index contributed by atoms with van der Waals surface area (Å²) in [5.74, 6) is -0.0639. The number of benzene rings is 1. The zero-order valence-corrected chi connectivity index (χ0v) is 21.3. The topological polar surface area (TPSA) is 100 Å². The minimum Gasteiger partial charge on any atom is -0.472 e. The summed E-state index contributed by atoms with van der Waals surface area (Å²) in [7, 11) is 0. The molecule has 4 atom stereocenters. The fourth-order valence-corrected chi connectivity index (χ4v) is 7.39. The van der Waals surface area contributed by atoms with Crippen LogP contribution in [0.2, 0.25) is 0 Å². The van der Waals surface area contributed by atoms with Crippen LogP contribution in [0.25, 0.3) is 32.1 Å². The Kier molecular flexibility index (Phi) is 4.73. The van der Waals surface area contributed by atoms with Gasteiger partial charge in [-0.15, -0.1) is 11.3 Å². The second-order valence-electron chi connectivity index (χ2n) is 10.2. The van der Waals surface area contributed by atoms with Crippen molar-refractivity contribution in [2.75, 3.05) is 17.2 Å². The number of pyridine rings is 2. The predicted molar refractivity (Wildman–Crippen MR) is 140 cm³/mol. The molecule has 2 fully saturated rings. The van der Waals surface area contributed by atoms with Crippen molar-refractivity contribution in [3.63, 3.8) is 0 Å². The SMILES string of the molecule is Cc1nc2c3c(nc(-c4ccc(F)c5sc(N)c(C#N)c45)c(F)c3c1C)O[C@@H](C)[C@@H]1[C@@H]3CC[C@H](CN21)N3. The van der Waals surface area contributed by atoms with E-state index in [1.807, 2.05) is 20.8 Å². The van der Waals surface area contributed by atoms with E-state index in [1.165, 1.54) is 12.1 Å². The van der Waals surface area contributed by atoms with Gasteiger partial charge in [-0.3, -0.25) is 0 Å². The summed E-state index contributed by atoms with van der Waals surface area (Å²) in [5, 5.41) is 14.9. The van der Waals surface area contributed by atoms with Crippen molar-refractivity contribution >= 4 is 43.0 Å². The van der Waals surface area contributed by atoms with Crippen molar-refractivity contribution in [3.8, 4) is 23.2 Å². The lowest BCUT2D eigenvalue weighted by Gasteiger charge is -2.43. The molecule has 2 bridgehead atoms. The summed E-state index contributed by atoms with van der Waals surface area (Å²) in [6, 6.07) is 5.41. The van der Waals surface area contributed by atoms with Crippen molar-refractivity contribution in [1.29, 1.82) is 5.26 Å². The van der Waals surface area contributed by atoms with Crippen molar-refractivity contribution in [3.05, 3.63) is 40.6 Å². The zero-order chi connectivity index (χ0) is 25.7. The molecule has 3 aliphatic rings. The van der Waals surface area contributed by atoms with Gasteiger partial charge in [0.15, 0.2) is 5.82 Å². The van der Waals surface area contributed by atoms with Crippen LogP contribution in [-0.4, -0.2) is 40.7 Å². The first-order valence-electron chi connectivity index (χ1n) is 12.4. The molecule has 0 saturated carbocycles. The highest BCUT2D eigenvalue weighted by Gasteiger charge is 2.47. The Morgan fingerprint density at radius 3 is 2.78 bits per heavy atom. The average molecular weight is 519 g/mol. The molecule has 10 heteroatoms. The van der Waals surface area contributed by atoms with E-state index < -0.39 is 11.6 Å². The molecule has 0 spiro atoms. The molecule has 7 nitrogen and oxygen atoms in total. The molecule has 6 heterocycles. The molecule has 7 rings (SSSR count). The second-order valence-corrected chi connectivity index (χ2v) is 11.3. The van der Waals surface area contributed by atoms with Crippen molar-refractivity contribution in [1.82, 2.24) is 15.3 Å². The van der Waals surface area contributed by atoms with Crippen LogP contribution in [0.1, 0.15) is 36.6 Å². The van der Waals surface area contributed by atoms with Crippen molar-refractivity contribution in [2.24, 2.45) is 0 Å². The van der Waals surface area contributed by atoms with E-state index in [0.717, 1.165) is 36.4 Å². The van der Waals surface area contributed by atoms with E-state index in [9.17, 15) is 9.65 Å². The first-order valence-corrected chi connectivity index (χ1v) is 13.2. The maximum Gasteiger partial charge on any atom is 0.226 e. The molecule has 0 radical (unpaired) electrons. The number of nitrogens with two attached hydrogens (primary N) is 1. The van der Waals surface area contributed by atoms with Crippen LogP contribution in [0, 0.1) is 36.8 Å². The molecule has 0 aliphatic carbocycles. The summed E-state index contributed by atoms with van der Waals surface area (Å²) >= 11 is 0.977. The molecule has 3 N–H and O–H groups in total. The van der Waals surface area contributed by atoms with Crippen LogP contribution >= 0.6 is 11.3 Å². The number of hydrogen-bond donors (Lipinski definition) is 2. The summed E-state index contributed by atoms with van der Waals surface area (Å²) < 4.78 is 38.1. The van der Waals surface area contributed by atoms with Crippen LogP contribution in [0.3, 0.4) is 0 Å². The van der Waals surface area contributed by atoms with Gasteiger partial charge in [0.2, 0.25) is 5.88 Å². The number of nitrogens with zero attached hydrogens (tertiary/aromatic N) is 4. The molecule has 1 aromatic carbocycles. The summed E-state index contributed by atoms with van der Waals surface area (Å²) in [6.45, 7) is 6.51. The molecule has 0 amide bonds. The third kappa shape index (κ3) is 2.98. The first-order chi connectivity index (χ1) is 17.8. The van der Waals surface area contributed by atoms with Gasteiger partial charge in [-0.05, 0) is 51.3 Å². The molecular formula is C27H24F2N6OS. The molecule has 3 aromatic heterocycles. The summed E-state index contributed by atoms with van der Waals surface area (Å²) in [6.07, 6.45) is 1.89. The standard InChI is InChI=1S/C27H24F2N6OS/c1-10-11(2)32-26-20-18(10)21(29)22(14-5-6-16(28)24-19(14)15(8-30)25(31)37-24)34-27(20)36-12(3)23-17-7-4-13(33-17)9-35(23)26/h5-6,12-13,17,23,33H,4,7,9,31H2,1-3H3/t12-,13+,17-,23+/m0/s1. The minimum atomic E-state index is -0.544. The number of halogens is 2. The molecule has 4 aromatic rings.